The minimum atomic E-state index is 0.497. The number of aryl methyl sites for hydroxylation is 2. The number of anilines is 2. The van der Waals surface area contributed by atoms with Crippen LogP contribution < -0.4 is 5.32 Å². The minimum Gasteiger partial charge on any atom is -0.339 e. The Balaban J connectivity index is 2.03. The van der Waals surface area contributed by atoms with E-state index in [0.717, 1.165) is 32.5 Å². The summed E-state index contributed by atoms with van der Waals surface area (Å²) in [5.74, 6) is 0.556. The maximum atomic E-state index is 9.51. The summed E-state index contributed by atoms with van der Waals surface area (Å²) in [5.41, 5.74) is 5.21. The summed E-state index contributed by atoms with van der Waals surface area (Å²) in [4.78, 5) is 8.73. The molecule has 0 saturated carbocycles. The van der Waals surface area contributed by atoms with Crippen molar-refractivity contribution >= 4 is 27.4 Å². The maximum Gasteiger partial charge on any atom is 0.148 e. The minimum absolute atomic E-state index is 0.497. The first-order valence-electron chi connectivity index (χ1n) is 7.43. The van der Waals surface area contributed by atoms with E-state index in [1.54, 1.807) is 12.4 Å². The summed E-state index contributed by atoms with van der Waals surface area (Å²) in [6, 6.07) is 13.9. The molecule has 0 unspecified atom stereocenters. The molecule has 3 aromatic rings. The third kappa shape index (κ3) is 3.44. The zero-order valence-corrected chi connectivity index (χ0v) is 14.9. The molecule has 0 spiro atoms. The number of nitriles is 1. The van der Waals surface area contributed by atoms with E-state index in [0.29, 0.717) is 11.4 Å². The van der Waals surface area contributed by atoms with Crippen molar-refractivity contribution in [3.63, 3.8) is 0 Å². The van der Waals surface area contributed by atoms with E-state index in [1.807, 2.05) is 50.2 Å². The van der Waals surface area contributed by atoms with Gasteiger partial charge < -0.3 is 5.32 Å². The van der Waals surface area contributed by atoms with Gasteiger partial charge in [0.1, 0.15) is 11.9 Å². The van der Waals surface area contributed by atoms with Crippen LogP contribution in [0.4, 0.5) is 11.5 Å². The molecule has 5 heteroatoms. The molecule has 0 bridgehead atoms. The monoisotopic (exact) mass is 378 g/mol. The Hall–Kier alpha value is -2.71. The van der Waals surface area contributed by atoms with Crippen molar-refractivity contribution in [2.75, 3.05) is 5.32 Å². The molecule has 0 radical (unpaired) electrons. The van der Waals surface area contributed by atoms with Gasteiger partial charge in [-0.25, -0.2) is 4.98 Å². The maximum absolute atomic E-state index is 9.51. The molecule has 0 aliphatic rings. The van der Waals surface area contributed by atoms with E-state index < -0.39 is 0 Å². The van der Waals surface area contributed by atoms with Crippen LogP contribution in [0.5, 0.6) is 0 Å². The van der Waals surface area contributed by atoms with Crippen LogP contribution >= 0.6 is 15.9 Å². The van der Waals surface area contributed by atoms with Gasteiger partial charge in [-0.2, -0.15) is 5.26 Å². The van der Waals surface area contributed by atoms with Crippen molar-refractivity contribution < 1.29 is 0 Å². The Morgan fingerprint density at radius 2 is 2.00 bits per heavy atom. The number of benzene rings is 1. The van der Waals surface area contributed by atoms with E-state index in [-0.39, 0.29) is 0 Å². The van der Waals surface area contributed by atoms with Crippen LogP contribution in [0.2, 0.25) is 0 Å². The molecule has 0 amide bonds. The lowest BCUT2D eigenvalue weighted by molar-refractivity contribution is 1.18. The lowest BCUT2D eigenvalue weighted by Crippen LogP contribution is -2.01. The second-order valence-corrected chi connectivity index (χ2v) is 6.43. The largest absolute Gasteiger partial charge is 0.339 e. The van der Waals surface area contributed by atoms with Crippen LogP contribution in [-0.2, 0) is 0 Å². The number of rotatable bonds is 3. The van der Waals surface area contributed by atoms with Crippen LogP contribution in [0.25, 0.3) is 11.1 Å². The molecule has 24 heavy (non-hydrogen) atoms. The highest BCUT2D eigenvalue weighted by atomic mass is 79.9. The van der Waals surface area contributed by atoms with Gasteiger partial charge >= 0.3 is 0 Å². The smallest absolute Gasteiger partial charge is 0.148 e. The lowest BCUT2D eigenvalue weighted by atomic mass is 10.0. The van der Waals surface area contributed by atoms with Crippen LogP contribution in [0.15, 0.2) is 53.3 Å². The first kappa shape index (κ1) is 16.2. The Kier molecular flexibility index (Phi) is 4.59. The summed E-state index contributed by atoms with van der Waals surface area (Å²) >= 11 is 3.49. The predicted molar refractivity (Wildman–Crippen MR) is 99.1 cm³/mol. The highest BCUT2D eigenvalue weighted by molar-refractivity contribution is 9.10. The van der Waals surface area contributed by atoms with Crippen molar-refractivity contribution in [1.29, 1.82) is 5.26 Å². The van der Waals surface area contributed by atoms with Gasteiger partial charge in [0.2, 0.25) is 0 Å². The molecule has 1 aromatic carbocycles. The number of aromatic nitrogens is 2. The quantitative estimate of drug-likeness (QED) is 0.685. The highest BCUT2D eigenvalue weighted by Crippen LogP contribution is 2.28. The predicted octanol–water partition coefficient (Wildman–Crippen LogP) is 5.14. The first-order chi connectivity index (χ1) is 11.6. The molecular formula is C19H15BrN4. The molecule has 2 heterocycles. The van der Waals surface area contributed by atoms with Gasteiger partial charge in [0, 0.05) is 39.4 Å². The summed E-state index contributed by atoms with van der Waals surface area (Å²) in [5, 5.41) is 12.8. The number of pyridine rings is 2. The van der Waals surface area contributed by atoms with Crippen LogP contribution in [0, 0.1) is 25.2 Å². The van der Waals surface area contributed by atoms with Gasteiger partial charge in [-0.15, -0.1) is 0 Å². The van der Waals surface area contributed by atoms with Crippen LogP contribution in [0.3, 0.4) is 0 Å². The highest BCUT2D eigenvalue weighted by Gasteiger charge is 2.11. The number of nitrogens with one attached hydrogen (secondary N) is 1. The van der Waals surface area contributed by atoms with Crippen LogP contribution in [-0.4, -0.2) is 9.97 Å². The fraction of sp³-hybridized carbons (Fsp3) is 0.105. The number of nitrogens with zero attached hydrogens (tertiary/aromatic N) is 3. The van der Waals surface area contributed by atoms with Crippen molar-refractivity contribution in [2.24, 2.45) is 0 Å². The Morgan fingerprint density at radius 1 is 1.17 bits per heavy atom. The Morgan fingerprint density at radius 3 is 2.67 bits per heavy atom. The molecular weight excluding hydrogens is 364 g/mol. The standard InChI is InChI=1S/C19H15BrN4/c1-12-6-16(20)9-17(7-12)24-19-15(10-21)8-18(13(2)23-19)14-4-3-5-22-11-14/h3-9,11H,1-2H3,(H,23,24). The second-order valence-electron chi connectivity index (χ2n) is 5.51. The van der Waals surface area contributed by atoms with Gasteiger partial charge in [0.05, 0.1) is 5.56 Å². The average molecular weight is 379 g/mol. The van der Waals surface area contributed by atoms with Crippen molar-refractivity contribution in [3.05, 3.63) is 70.1 Å². The molecule has 2 aromatic heterocycles. The molecule has 0 fully saturated rings. The molecule has 4 nitrogen and oxygen atoms in total. The van der Waals surface area contributed by atoms with Crippen molar-refractivity contribution in [2.45, 2.75) is 13.8 Å². The third-order valence-electron chi connectivity index (χ3n) is 3.61. The molecule has 0 aliphatic heterocycles. The Bertz CT molecular complexity index is 910. The zero-order valence-electron chi connectivity index (χ0n) is 13.3. The first-order valence-corrected chi connectivity index (χ1v) is 8.22. The summed E-state index contributed by atoms with van der Waals surface area (Å²) in [7, 11) is 0. The summed E-state index contributed by atoms with van der Waals surface area (Å²) in [6.07, 6.45) is 3.50. The van der Waals surface area contributed by atoms with Gasteiger partial charge in [-0.1, -0.05) is 22.0 Å². The SMILES string of the molecule is Cc1cc(Br)cc(Nc2nc(C)c(-c3cccnc3)cc2C#N)c1. The van der Waals surface area contributed by atoms with E-state index in [9.17, 15) is 5.26 Å². The Labute approximate surface area is 149 Å². The van der Waals surface area contributed by atoms with E-state index in [2.05, 4.69) is 37.3 Å². The zero-order chi connectivity index (χ0) is 17.1. The molecule has 0 aliphatic carbocycles. The van der Waals surface area contributed by atoms with Crippen molar-refractivity contribution in [1.82, 2.24) is 9.97 Å². The van der Waals surface area contributed by atoms with Gasteiger partial charge in [0.25, 0.3) is 0 Å². The van der Waals surface area contributed by atoms with Crippen LogP contribution in [0.1, 0.15) is 16.8 Å². The molecule has 118 valence electrons. The molecule has 0 saturated heterocycles. The number of hydrogen-bond acceptors (Lipinski definition) is 4. The molecule has 0 atom stereocenters. The van der Waals surface area contributed by atoms with Gasteiger partial charge in [0.15, 0.2) is 0 Å². The summed E-state index contributed by atoms with van der Waals surface area (Å²) in [6.45, 7) is 3.95. The van der Waals surface area contributed by atoms with Gasteiger partial charge in [-0.05, 0) is 49.7 Å². The normalized spacial score (nSPS) is 10.2. The third-order valence-corrected chi connectivity index (χ3v) is 4.07. The van der Waals surface area contributed by atoms with E-state index in [4.69, 9.17) is 0 Å². The van der Waals surface area contributed by atoms with Crippen molar-refractivity contribution in [3.8, 4) is 17.2 Å². The fourth-order valence-corrected chi connectivity index (χ4v) is 3.15. The molecule has 1 N–H and O–H groups in total. The molecule has 3 rings (SSSR count). The van der Waals surface area contributed by atoms with E-state index >= 15 is 0 Å². The van der Waals surface area contributed by atoms with E-state index in [1.165, 1.54) is 0 Å². The fourth-order valence-electron chi connectivity index (χ4n) is 2.55. The summed E-state index contributed by atoms with van der Waals surface area (Å²) < 4.78 is 0.979. The average Bonchev–Trinajstić information content (AvgIpc) is 2.55. The lowest BCUT2D eigenvalue weighted by Gasteiger charge is -2.12. The topological polar surface area (TPSA) is 61.6 Å². The second kappa shape index (κ2) is 6.81. The number of hydrogen-bond donors (Lipinski definition) is 1. The number of halogens is 1. The van der Waals surface area contributed by atoms with Gasteiger partial charge in [-0.3, -0.25) is 4.98 Å².